The average Bonchev–Trinajstić information content (AvgIpc) is 3.08. The molecule has 1 fully saturated rings. The predicted octanol–water partition coefficient (Wildman–Crippen LogP) is 2.69. The third kappa shape index (κ3) is 5.96. The second-order valence-corrected chi connectivity index (χ2v) is 6.56. The number of amides is 1. The van der Waals surface area contributed by atoms with Crippen molar-refractivity contribution in [1.82, 2.24) is 5.32 Å². The summed E-state index contributed by atoms with van der Waals surface area (Å²) in [4.78, 5) is 11.8. The highest BCUT2D eigenvalue weighted by Crippen LogP contribution is 2.28. The molecular formula is C19H29NO3. The van der Waals surface area contributed by atoms with Crippen LogP contribution in [-0.2, 0) is 24.4 Å². The lowest BCUT2D eigenvalue weighted by Gasteiger charge is -2.10. The molecule has 1 saturated carbocycles. The van der Waals surface area contributed by atoms with Crippen LogP contribution in [0, 0.1) is 5.92 Å². The van der Waals surface area contributed by atoms with Crippen molar-refractivity contribution < 1.29 is 15.0 Å². The molecule has 1 aromatic rings. The first-order valence-corrected chi connectivity index (χ1v) is 8.82. The van der Waals surface area contributed by atoms with Crippen LogP contribution in [0.3, 0.4) is 0 Å². The molecule has 3 N–H and O–H groups in total. The molecule has 4 nitrogen and oxygen atoms in total. The largest absolute Gasteiger partial charge is 0.392 e. The number of aliphatic hydroxyl groups is 2. The quantitative estimate of drug-likeness (QED) is 0.655. The van der Waals surface area contributed by atoms with E-state index in [1.807, 2.05) is 18.2 Å². The highest BCUT2D eigenvalue weighted by molar-refractivity contribution is 5.75. The van der Waals surface area contributed by atoms with E-state index in [0.29, 0.717) is 13.0 Å². The van der Waals surface area contributed by atoms with E-state index in [4.69, 9.17) is 0 Å². The molecule has 0 aromatic heterocycles. The minimum Gasteiger partial charge on any atom is -0.392 e. The van der Waals surface area contributed by atoms with Gasteiger partial charge in [0.2, 0.25) is 5.91 Å². The average molecular weight is 319 g/mol. The molecule has 0 aliphatic heterocycles. The van der Waals surface area contributed by atoms with Crippen LogP contribution in [0.4, 0.5) is 0 Å². The lowest BCUT2D eigenvalue weighted by Crippen LogP contribution is -2.25. The number of carbonyl (C=O) groups excluding carboxylic acids is 1. The third-order valence-electron chi connectivity index (χ3n) is 4.84. The maximum absolute atomic E-state index is 11.8. The van der Waals surface area contributed by atoms with Crippen LogP contribution in [0.1, 0.15) is 61.6 Å². The molecular weight excluding hydrogens is 290 g/mol. The van der Waals surface area contributed by atoms with Gasteiger partial charge in [0.1, 0.15) is 0 Å². The minimum absolute atomic E-state index is 0.0616. The Bertz CT molecular complexity index is 495. The molecule has 1 aliphatic carbocycles. The first kappa shape index (κ1) is 18.0. The van der Waals surface area contributed by atoms with Gasteiger partial charge in [0.25, 0.3) is 0 Å². The lowest BCUT2D eigenvalue weighted by atomic mass is 10.0. The molecule has 4 heteroatoms. The Morgan fingerprint density at radius 1 is 1.13 bits per heavy atom. The molecule has 1 amide bonds. The minimum atomic E-state index is -0.0722. The maximum Gasteiger partial charge on any atom is 0.220 e. The summed E-state index contributed by atoms with van der Waals surface area (Å²) in [6, 6.07) is 5.68. The van der Waals surface area contributed by atoms with Crippen LogP contribution in [0.15, 0.2) is 18.2 Å². The number of rotatable bonds is 9. The van der Waals surface area contributed by atoms with Gasteiger partial charge in [-0.3, -0.25) is 4.79 Å². The summed E-state index contributed by atoms with van der Waals surface area (Å²) in [5.74, 6) is 0.988. The number of hydrogen-bond donors (Lipinski definition) is 3. The van der Waals surface area contributed by atoms with Crippen molar-refractivity contribution in [2.75, 3.05) is 6.54 Å². The van der Waals surface area contributed by atoms with Gasteiger partial charge in [-0.15, -0.1) is 0 Å². The Hall–Kier alpha value is -1.39. The van der Waals surface area contributed by atoms with Crippen LogP contribution in [0.25, 0.3) is 0 Å². The Labute approximate surface area is 138 Å². The van der Waals surface area contributed by atoms with Crippen molar-refractivity contribution >= 4 is 5.91 Å². The number of hydrogen-bond acceptors (Lipinski definition) is 3. The van der Waals surface area contributed by atoms with Crippen LogP contribution < -0.4 is 5.32 Å². The summed E-state index contributed by atoms with van der Waals surface area (Å²) in [6.45, 7) is 0.483. The van der Waals surface area contributed by atoms with E-state index >= 15 is 0 Å². The second-order valence-electron chi connectivity index (χ2n) is 6.56. The molecule has 23 heavy (non-hydrogen) atoms. The van der Waals surface area contributed by atoms with Gasteiger partial charge in [-0.2, -0.15) is 0 Å². The van der Waals surface area contributed by atoms with E-state index in [1.165, 1.54) is 32.1 Å². The second kappa shape index (κ2) is 9.68. The van der Waals surface area contributed by atoms with Gasteiger partial charge in [0.15, 0.2) is 0 Å². The lowest BCUT2D eigenvalue weighted by molar-refractivity contribution is -0.121. The summed E-state index contributed by atoms with van der Waals surface area (Å²) >= 11 is 0. The molecule has 0 atom stereocenters. The number of benzene rings is 1. The van der Waals surface area contributed by atoms with Gasteiger partial charge >= 0.3 is 0 Å². The Balaban J connectivity index is 1.64. The Morgan fingerprint density at radius 2 is 1.87 bits per heavy atom. The number of aliphatic hydroxyl groups excluding tert-OH is 2. The van der Waals surface area contributed by atoms with Crippen molar-refractivity contribution in [3.05, 3.63) is 34.9 Å². The normalized spacial score (nSPS) is 15.0. The molecule has 0 bridgehead atoms. The first-order chi connectivity index (χ1) is 11.2. The fourth-order valence-corrected chi connectivity index (χ4v) is 3.42. The van der Waals surface area contributed by atoms with Crippen molar-refractivity contribution in [1.29, 1.82) is 0 Å². The Morgan fingerprint density at radius 3 is 2.57 bits per heavy atom. The van der Waals surface area contributed by atoms with Gasteiger partial charge in [0, 0.05) is 13.0 Å². The van der Waals surface area contributed by atoms with E-state index in [9.17, 15) is 15.0 Å². The maximum atomic E-state index is 11.8. The summed E-state index contributed by atoms with van der Waals surface area (Å²) in [5, 5.41) is 21.4. The summed E-state index contributed by atoms with van der Waals surface area (Å²) in [7, 11) is 0. The smallest absolute Gasteiger partial charge is 0.220 e. The summed E-state index contributed by atoms with van der Waals surface area (Å²) in [6.07, 6.45) is 8.97. The highest BCUT2D eigenvalue weighted by Gasteiger charge is 2.14. The molecule has 1 aliphatic rings. The van der Waals surface area contributed by atoms with Gasteiger partial charge < -0.3 is 15.5 Å². The zero-order chi connectivity index (χ0) is 16.5. The predicted molar refractivity (Wildman–Crippen MR) is 90.8 cm³/mol. The van der Waals surface area contributed by atoms with Crippen LogP contribution in [0.2, 0.25) is 0 Å². The van der Waals surface area contributed by atoms with E-state index in [0.717, 1.165) is 35.4 Å². The van der Waals surface area contributed by atoms with Crippen molar-refractivity contribution in [2.24, 2.45) is 5.92 Å². The van der Waals surface area contributed by atoms with Crippen LogP contribution >= 0.6 is 0 Å². The fourth-order valence-electron chi connectivity index (χ4n) is 3.42. The van der Waals surface area contributed by atoms with Crippen molar-refractivity contribution in [3.63, 3.8) is 0 Å². The molecule has 128 valence electrons. The monoisotopic (exact) mass is 319 g/mol. The molecule has 0 saturated heterocycles. The SMILES string of the molecule is O=C(CCCC1CCCC1)NCCc1ccc(CO)c(CO)c1. The zero-order valence-corrected chi connectivity index (χ0v) is 13.9. The van der Waals surface area contributed by atoms with E-state index in [1.54, 1.807) is 0 Å². The summed E-state index contributed by atoms with van der Waals surface area (Å²) in [5.41, 5.74) is 2.58. The molecule has 2 rings (SSSR count). The van der Waals surface area contributed by atoms with Gasteiger partial charge in [-0.25, -0.2) is 0 Å². The van der Waals surface area contributed by atoms with Crippen molar-refractivity contribution in [3.8, 4) is 0 Å². The summed E-state index contributed by atoms with van der Waals surface area (Å²) < 4.78 is 0. The van der Waals surface area contributed by atoms with Crippen LogP contribution in [-0.4, -0.2) is 22.7 Å². The standard InChI is InChI=1S/C19H29NO3/c21-13-17-9-8-16(12-18(17)14-22)10-11-20-19(23)7-3-6-15-4-1-2-5-15/h8-9,12,15,21-22H,1-7,10-11,13-14H2,(H,20,23). The molecule has 1 aromatic carbocycles. The number of carbonyl (C=O) groups is 1. The molecule has 0 spiro atoms. The van der Waals surface area contributed by atoms with Crippen molar-refractivity contribution in [2.45, 2.75) is 64.6 Å². The zero-order valence-electron chi connectivity index (χ0n) is 13.9. The van der Waals surface area contributed by atoms with E-state index in [-0.39, 0.29) is 19.1 Å². The van der Waals surface area contributed by atoms with E-state index in [2.05, 4.69) is 5.32 Å². The number of nitrogens with one attached hydrogen (secondary N) is 1. The molecule has 0 unspecified atom stereocenters. The Kier molecular flexibility index (Phi) is 7.56. The van der Waals surface area contributed by atoms with Gasteiger partial charge in [-0.1, -0.05) is 43.9 Å². The first-order valence-electron chi connectivity index (χ1n) is 8.82. The topological polar surface area (TPSA) is 69.6 Å². The van der Waals surface area contributed by atoms with Crippen LogP contribution in [0.5, 0.6) is 0 Å². The van der Waals surface area contributed by atoms with Gasteiger partial charge in [-0.05, 0) is 41.9 Å². The van der Waals surface area contributed by atoms with Gasteiger partial charge in [0.05, 0.1) is 13.2 Å². The third-order valence-corrected chi connectivity index (χ3v) is 4.84. The van der Waals surface area contributed by atoms with E-state index < -0.39 is 0 Å². The fraction of sp³-hybridized carbons (Fsp3) is 0.632. The molecule has 0 heterocycles. The highest BCUT2D eigenvalue weighted by atomic mass is 16.3. The molecule has 0 radical (unpaired) electrons.